The monoisotopic (exact) mass is 467 g/mol. The maximum absolute atomic E-state index is 10.7. The van der Waals surface area contributed by atoms with Gasteiger partial charge in [-0.3, -0.25) is 4.55 Å². The molecule has 0 unspecified atom stereocenters. The summed E-state index contributed by atoms with van der Waals surface area (Å²) in [5.74, 6) is 1.75. The first-order chi connectivity index (χ1) is 14.0. The average molecular weight is 468 g/mol. The van der Waals surface area contributed by atoms with Crippen molar-refractivity contribution in [2.75, 3.05) is 26.2 Å². The number of benzene rings is 1. The molecule has 0 atom stereocenters. The fraction of sp³-hybridized carbons (Fsp3) is 0.600. The van der Waals surface area contributed by atoms with Crippen LogP contribution in [0.3, 0.4) is 0 Å². The molecule has 1 saturated heterocycles. The highest BCUT2D eigenvalue weighted by Crippen LogP contribution is 2.37. The van der Waals surface area contributed by atoms with Crippen LogP contribution >= 0.6 is 11.3 Å². The highest BCUT2D eigenvalue weighted by molar-refractivity contribution is 7.86. The van der Waals surface area contributed by atoms with Crippen molar-refractivity contribution in [1.29, 1.82) is 0 Å². The van der Waals surface area contributed by atoms with Crippen LogP contribution in [0.1, 0.15) is 50.3 Å². The molecule has 0 aliphatic carbocycles. The van der Waals surface area contributed by atoms with E-state index in [0.29, 0.717) is 0 Å². The summed E-state index contributed by atoms with van der Waals surface area (Å²) in [6.45, 7) is 8.87. The van der Waals surface area contributed by atoms with E-state index < -0.39 is 15.6 Å². The largest absolute Gasteiger partial charge is 0.522 e. The summed E-state index contributed by atoms with van der Waals surface area (Å²) in [4.78, 5) is 4.21. The van der Waals surface area contributed by atoms with Gasteiger partial charge in [-0.2, -0.15) is 21.6 Å². The molecule has 10 heteroatoms. The van der Waals surface area contributed by atoms with Crippen molar-refractivity contribution in [2.24, 2.45) is 0 Å². The molecule has 0 amide bonds. The van der Waals surface area contributed by atoms with E-state index in [-0.39, 0.29) is 0 Å². The van der Waals surface area contributed by atoms with Gasteiger partial charge in [-0.15, -0.1) is 11.3 Å². The summed E-state index contributed by atoms with van der Waals surface area (Å²) in [6.07, 6.45) is 5.27. The number of nitrogens with zero attached hydrogens (tertiary/aromatic N) is 1. The molecule has 1 fully saturated rings. The zero-order valence-corrected chi connectivity index (χ0v) is 18.7. The molecule has 2 heterocycles. The summed E-state index contributed by atoms with van der Waals surface area (Å²) in [7, 11) is -5.84. The van der Waals surface area contributed by atoms with Gasteiger partial charge < -0.3 is 9.64 Å². The van der Waals surface area contributed by atoms with E-state index in [4.69, 9.17) is 17.7 Å². The Labute approximate surface area is 179 Å². The lowest BCUT2D eigenvalue weighted by Gasteiger charge is -2.31. The highest BCUT2D eigenvalue weighted by atomic mass is 32.2. The molecule has 0 bridgehead atoms. The van der Waals surface area contributed by atoms with Gasteiger partial charge in [0.05, 0.1) is 6.61 Å². The van der Waals surface area contributed by atoms with E-state index in [1.807, 2.05) is 18.3 Å². The molecule has 1 aliphatic heterocycles. The number of ether oxygens (including phenoxy) is 1. The number of fused-ring (bicyclic) bond motifs is 1. The van der Waals surface area contributed by atoms with Crippen molar-refractivity contribution in [3.63, 3.8) is 0 Å². The standard InChI is InChI=1S/C19H27NOS.CHF3O3S/c1-3-5-10-20-11-8-15(9-12-20)19-14-16-13-17(21-4-2)6-7-18(16)22-19;2-1(3,4)8(5,6)7/h6-7,13-15H,3-5,8-12H2,1-2H3;(H,5,6,7). The Hall–Kier alpha value is -1.36. The lowest BCUT2D eigenvalue weighted by molar-refractivity contribution is -0.0510. The molecule has 0 spiro atoms. The Morgan fingerprint density at radius 1 is 1.20 bits per heavy atom. The lowest BCUT2D eigenvalue weighted by Crippen LogP contribution is -2.33. The van der Waals surface area contributed by atoms with Crippen LogP contribution in [-0.4, -0.2) is 49.6 Å². The maximum atomic E-state index is 10.7. The van der Waals surface area contributed by atoms with E-state index in [2.05, 4.69) is 36.1 Å². The van der Waals surface area contributed by atoms with Crippen LogP contribution in [0.5, 0.6) is 5.75 Å². The molecule has 0 radical (unpaired) electrons. The first kappa shape index (κ1) is 24.9. The number of unbranched alkanes of at least 4 members (excludes halogenated alkanes) is 1. The highest BCUT2D eigenvalue weighted by Gasteiger charge is 2.44. The molecule has 1 aliphatic rings. The van der Waals surface area contributed by atoms with Gasteiger partial charge in [0.15, 0.2) is 0 Å². The van der Waals surface area contributed by atoms with Crippen LogP contribution in [0, 0.1) is 0 Å². The number of alkyl halides is 3. The number of piperidine rings is 1. The van der Waals surface area contributed by atoms with Crippen molar-refractivity contribution in [3.05, 3.63) is 29.1 Å². The van der Waals surface area contributed by atoms with Crippen LogP contribution in [0.2, 0.25) is 0 Å². The molecular formula is C20H28F3NO4S2. The van der Waals surface area contributed by atoms with Crippen molar-refractivity contribution in [2.45, 2.75) is 51.0 Å². The third-order valence-electron chi connectivity index (χ3n) is 4.93. The first-order valence-corrected chi connectivity index (χ1v) is 12.2. The number of thiophene rings is 1. The van der Waals surface area contributed by atoms with Gasteiger partial charge in [0.25, 0.3) is 0 Å². The number of likely N-dealkylation sites (tertiary alicyclic amines) is 1. The summed E-state index contributed by atoms with van der Waals surface area (Å²) in [6, 6.07) is 8.90. The van der Waals surface area contributed by atoms with Gasteiger partial charge in [0, 0.05) is 9.58 Å². The van der Waals surface area contributed by atoms with Gasteiger partial charge in [-0.1, -0.05) is 13.3 Å². The summed E-state index contributed by atoms with van der Waals surface area (Å²) >= 11 is 1.98. The van der Waals surface area contributed by atoms with Crippen LogP contribution in [-0.2, 0) is 10.1 Å². The fourth-order valence-electron chi connectivity index (χ4n) is 3.32. The Kier molecular flexibility index (Phi) is 8.96. The van der Waals surface area contributed by atoms with Crippen molar-refractivity contribution in [3.8, 4) is 5.75 Å². The smallest absolute Gasteiger partial charge is 0.494 e. The second-order valence-electron chi connectivity index (χ2n) is 7.17. The lowest BCUT2D eigenvalue weighted by atomic mass is 9.95. The zero-order chi connectivity index (χ0) is 22.4. The van der Waals surface area contributed by atoms with Crippen molar-refractivity contribution >= 4 is 31.5 Å². The topological polar surface area (TPSA) is 66.8 Å². The molecule has 1 N–H and O–H groups in total. The van der Waals surface area contributed by atoms with Crippen LogP contribution < -0.4 is 4.74 Å². The predicted molar refractivity (Wildman–Crippen MR) is 114 cm³/mol. The molecule has 2 aromatic rings. The second kappa shape index (κ2) is 10.8. The predicted octanol–water partition coefficient (Wildman–Crippen LogP) is 5.67. The molecule has 1 aromatic heterocycles. The molecular weight excluding hydrogens is 439 g/mol. The Morgan fingerprint density at radius 3 is 2.37 bits per heavy atom. The summed E-state index contributed by atoms with van der Waals surface area (Å²) in [5.41, 5.74) is -5.53. The molecule has 3 rings (SSSR count). The summed E-state index contributed by atoms with van der Waals surface area (Å²) < 4.78 is 64.6. The Morgan fingerprint density at radius 2 is 1.83 bits per heavy atom. The zero-order valence-electron chi connectivity index (χ0n) is 17.1. The maximum Gasteiger partial charge on any atom is 0.522 e. The molecule has 30 heavy (non-hydrogen) atoms. The van der Waals surface area contributed by atoms with Gasteiger partial charge in [-0.25, -0.2) is 0 Å². The van der Waals surface area contributed by atoms with Gasteiger partial charge in [-0.05, 0) is 81.4 Å². The van der Waals surface area contributed by atoms with E-state index in [0.717, 1.165) is 18.3 Å². The molecule has 0 saturated carbocycles. The molecule has 1 aromatic carbocycles. The quantitative estimate of drug-likeness (QED) is 0.438. The third-order valence-corrected chi connectivity index (χ3v) is 6.79. The molecule has 170 valence electrons. The normalized spacial score (nSPS) is 16.3. The minimum atomic E-state index is -5.84. The minimum absolute atomic E-state index is 0.735. The number of halogens is 3. The third kappa shape index (κ3) is 7.11. The van der Waals surface area contributed by atoms with Gasteiger partial charge >= 0.3 is 15.6 Å². The minimum Gasteiger partial charge on any atom is -0.494 e. The number of rotatable bonds is 6. The van der Waals surface area contributed by atoms with Gasteiger partial charge in [0.2, 0.25) is 0 Å². The van der Waals surface area contributed by atoms with Crippen LogP contribution in [0.15, 0.2) is 24.3 Å². The van der Waals surface area contributed by atoms with Crippen molar-refractivity contribution in [1.82, 2.24) is 4.90 Å². The van der Waals surface area contributed by atoms with E-state index >= 15 is 0 Å². The van der Waals surface area contributed by atoms with Crippen LogP contribution in [0.25, 0.3) is 10.1 Å². The fourth-order valence-corrected chi connectivity index (χ4v) is 4.54. The van der Waals surface area contributed by atoms with Crippen LogP contribution in [0.4, 0.5) is 13.2 Å². The first-order valence-electron chi connectivity index (χ1n) is 9.97. The average Bonchev–Trinajstić information content (AvgIpc) is 3.09. The van der Waals surface area contributed by atoms with E-state index in [1.54, 1.807) is 4.88 Å². The Bertz CT molecular complexity index is 904. The molecule has 5 nitrogen and oxygen atoms in total. The van der Waals surface area contributed by atoms with E-state index in [1.165, 1.54) is 55.4 Å². The number of hydrogen-bond donors (Lipinski definition) is 1. The second-order valence-corrected chi connectivity index (χ2v) is 9.70. The van der Waals surface area contributed by atoms with E-state index in [9.17, 15) is 13.2 Å². The van der Waals surface area contributed by atoms with Gasteiger partial charge in [0.1, 0.15) is 5.75 Å². The van der Waals surface area contributed by atoms with Crippen molar-refractivity contribution < 1.29 is 30.9 Å². The Balaban J connectivity index is 0.000000343. The number of hydrogen-bond acceptors (Lipinski definition) is 5. The summed E-state index contributed by atoms with van der Waals surface area (Å²) in [5, 5.41) is 1.35. The SMILES string of the molecule is CCCCN1CCC(c2cc3cc(OCC)ccc3s2)CC1.O=S(=O)(O)C(F)(F)F.